The molecular weight excluding hydrogens is 348 g/mol. The second-order valence-electron chi connectivity index (χ2n) is 3.03. The molecule has 2 rings (SSSR count). The third-order valence-electron chi connectivity index (χ3n) is 1.81. The van der Waals surface area contributed by atoms with E-state index >= 15 is 0 Å². The van der Waals surface area contributed by atoms with Crippen molar-refractivity contribution in [2.45, 2.75) is 4.21 Å². The summed E-state index contributed by atoms with van der Waals surface area (Å²) < 4.78 is 27.2. The number of anilines is 1. The summed E-state index contributed by atoms with van der Waals surface area (Å²) in [5.74, 6) is 0. The van der Waals surface area contributed by atoms with Crippen molar-refractivity contribution in [2.75, 3.05) is 4.72 Å². The van der Waals surface area contributed by atoms with Gasteiger partial charge in [0.1, 0.15) is 5.15 Å². The van der Waals surface area contributed by atoms with Crippen LogP contribution < -0.4 is 4.72 Å². The van der Waals surface area contributed by atoms with Crippen LogP contribution in [0.5, 0.6) is 0 Å². The fourth-order valence-corrected chi connectivity index (χ4v) is 4.70. The minimum atomic E-state index is -3.58. The van der Waals surface area contributed by atoms with Crippen LogP contribution in [0.15, 0.2) is 38.5 Å². The van der Waals surface area contributed by atoms with Crippen LogP contribution in [0.3, 0.4) is 0 Å². The number of thiophene rings is 1. The summed E-state index contributed by atoms with van der Waals surface area (Å²) in [4.78, 5) is 3.77. The molecule has 2 heterocycles. The first-order valence-electron chi connectivity index (χ1n) is 4.36. The Balaban J connectivity index is 2.33. The van der Waals surface area contributed by atoms with Crippen molar-refractivity contribution >= 4 is 54.6 Å². The molecule has 2 aromatic rings. The summed E-state index contributed by atoms with van der Waals surface area (Å²) in [7, 11) is -3.58. The first kappa shape index (κ1) is 12.8. The van der Waals surface area contributed by atoms with Gasteiger partial charge in [0.15, 0.2) is 4.21 Å². The SMILES string of the molecule is O=S(=O)(Nc1ccnc(Cl)c1)c1sccc1Br. The minimum Gasteiger partial charge on any atom is -0.279 e. The molecule has 0 amide bonds. The summed E-state index contributed by atoms with van der Waals surface area (Å²) >= 11 is 9.99. The second-order valence-corrected chi connectivity index (χ2v) is 7.06. The van der Waals surface area contributed by atoms with Crippen molar-refractivity contribution in [1.82, 2.24) is 4.98 Å². The molecule has 0 unspecified atom stereocenters. The number of nitrogens with zero attached hydrogens (tertiary/aromatic N) is 1. The summed E-state index contributed by atoms with van der Waals surface area (Å²) in [6, 6.07) is 4.66. The summed E-state index contributed by atoms with van der Waals surface area (Å²) in [5.41, 5.74) is 0.380. The van der Waals surface area contributed by atoms with Crippen molar-refractivity contribution in [3.8, 4) is 0 Å². The quantitative estimate of drug-likeness (QED) is 0.861. The molecule has 0 spiro atoms. The predicted octanol–water partition coefficient (Wildman–Crippen LogP) is 3.36. The molecule has 8 heteroatoms. The topological polar surface area (TPSA) is 59.1 Å². The van der Waals surface area contributed by atoms with Crippen LogP contribution in [0.2, 0.25) is 5.15 Å². The van der Waals surface area contributed by atoms with E-state index < -0.39 is 10.0 Å². The Bertz CT molecular complexity index is 642. The van der Waals surface area contributed by atoms with Gasteiger partial charge in [-0.15, -0.1) is 11.3 Å². The first-order valence-corrected chi connectivity index (χ1v) is 7.90. The van der Waals surface area contributed by atoms with Crippen LogP contribution in [-0.2, 0) is 10.0 Å². The van der Waals surface area contributed by atoms with Gasteiger partial charge in [-0.2, -0.15) is 0 Å². The van der Waals surface area contributed by atoms with Gasteiger partial charge in [-0.1, -0.05) is 11.6 Å². The highest BCUT2D eigenvalue weighted by Crippen LogP contribution is 2.29. The minimum absolute atomic E-state index is 0.227. The van der Waals surface area contributed by atoms with E-state index in [4.69, 9.17) is 11.6 Å². The molecule has 0 radical (unpaired) electrons. The zero-order valence-corrected chi connectivity index (χ0v) is 12.2. The van der Waals surface area contributed by atoms with E-state index in [0.29, 0.717) is 10.2 Å². The Hall–Kier alpha value is -0.630. The van der Waals surface area contributed by atoms with Crippen molar-refractivity contribution in [1.29, 1.82) is 0 Å². The average molecular weight is 354 g/mol. The van der Waals surface area contributed by atoms with Gasteiger partial charge in [-0.3, -0.25) is 4.72 Å². The van der Waals surface area contributed by atoms with Crippen LogP contribution >= 0.6 is 38.9 Å². The van der Waals surface area contributed by atoms with E-state index in [2.05, 4.69) is 25.6 Å². The Kier molecular flexibility index (Phi) is 3.72. The normalized spacial score (nSPS) is 11.4. The van der Waals surface area contributed by atoms with E-state index in [1.807, 2.05) is 0 Å². The Morgan fingerprint density at radius 3 is 2.76 bits per heavy atom. The molecular formula is C9H6BrClN2O2S2. The van der Waals surface area contributed by atoms with Gasteiger partial charge in [0.2, 0.25) is 0 Å². The number of hydrogen-bond donors (Lipinski definition) is 1. The number of sulfonamides is 1. The number of nitrogens with one attached hydrogen (secondary N) is 1. The standard InChI is InChI=1S/C9H6BrClN2O2S2/c10-7-2-4-16-9(7)17(14,15)13-6-1-3-12-8(11)5-6/h1-5H,(H,12,13). The first-order chi connectivity index (χ1) is 7.99. The largest absolute Gasteiger partial charge is 0.279 e. The third kappa shape index (κ3) is 2.98. The molecule has 90 valence electrons. The molecule has 17 heavy (non-hydrogen) atoms. The lowest BCUT2D eigenvalue weighted by Crippen LogP contribution is -2.11. The van der Waals surface area contributed by atoms with Crippen LogP contribution in [0, 0.1) is 0 Å². The van der Waals surface area contributed by atoms with E-state index in [9.17, 15) is 8.42 Å². The monoisotopic (exact) mass is 352 g/mol. The Labute approximate surface area is 116 Å². The van der Waals surface area contributed by atoms with Crippen LogP contribution in [0.1, 0.15) is 0 Å². The fourth-order valence-electron chi connectivity index (χ4n) is 1.14. The fraction of sp³-hybridized carbons (Fsp3) is 0. The lowest BCUT2D eigenvalue weighted by Gasteiger charge is -2.06. The molecule has 4 nitrogen and oxygen atoms in total. The average Bonchev–Trinajstić information content (AvgIpc) is 2.64. The van der Waals surface area contributed by atoms with E-state index in [-0.39, 0.29) is 9.36 Å². The van der Waals surface area contributed by atoms with Gasteiger partial charge in [0, 0.05) is 10.7 Å². The maximum Gasteiger partial charge on any atom is 0.272 e. The van der Waals surface area contributed by atoms with Crippen LogP contribution in [0.25, 0.3) is 0 Å². The van der Waals surface area contributed by atoms with Crippen molar-refractivity contribution < 1.29 is 8.42 Å². The number of halogens is 2. The molecule has 0 aliphatic rings. The number of pyridine rings is 1. The van der Waals surface area contributed by atoms with Crippen molar-refractivity contribution in [2.24, 2.45) is 0 Å². The predicted molar refractivity (Wildman–Crippen MR) is 72.1 cm³/mol. The van der Waals surface area contributed by atoms with Crippen LogP contribution in [0.4, 0.5) is 5.69 Å². The number of aromatic nitrogens is 1. The lowest BCUT2D eigenvalue weighted by molar-refractivity contribution is 0.603. The van der Waals surface area contributed by atoms with Crippen LogP contribution in [-0.4, -0.2) is 13.4 Å². The maximum absolute atomic E-state index is 12.0. The highest BCUT2D eigenvalue weighted by Gasteiger charge is 2.19. The third-order valence-corrected chi connectivity index (χ3v) is 6.07. The smallest absolute Gasteiger partial charge is 0.272 e. The van der Waals surface area contributed by atoms with Crippen molar-refractivity contribution in [3.63, 3.8) is 0 Å². The van der Waals surface area contributed by atoms with Gasteiger partial charge in [0.25, 0.3) is 10.0 Å². The molecule has 0 saturated heterocycles. The lowest BCUT2D eigenvalue weighted by atomic mass is 10.4. The highest BCUT2D eigenvalue weighted by atomic mass is 79.9. The van der Waals surface area contributed by atoms with Gasteiger partial charge in [-0.05, 0) is 39.5 Å². The molecule has 0 saturated carbocycles. The van der Waals surface area contributed by atoms with E-state index in [1.165, 1.54) is 18.3 Å². The van der Waals surface area contributed by atoms with E-state index in [1.54, 1.807) is 11.4 Å². The molecule has 2 aromatic heterocycles. The Morgan fingerprint density at radius 2 is 2.18 bits per heavy atom. The summed E-state index contributed by atoms with van der Waals surface area (Å²) in [5, 5.41) is 1.92. The molecule has 0 bridgehead atoms. The number of rotatable bonds is 3. The second kappa shape index (κ2) is 4.93. The molecule has 0 fully saturated rings. The summed E-state index contributed by atoms with van der Waals surface area (Å²) in [6.07, 6.45) is 1.43. The maximum atomic E-state index is 12.0. The van der Waals surface area contributed by atoms with Gasteiger partial charge < -0.3 is 0 Å². The molecule has 0 aliphatic carbocycles. The van der Waals surface area contributed by atoms with Crippen molar-refractivity contribution in [3.05, 3.63) is 39.4 Å². The highest BCUT2D eigenvalue weighted by molar-refractivity contribution is 9.10. The zero-order chi connectivity index (χ0) is 12.5. The molecule has 0 atom stereocenters. The Morgan fingerprint density at radius 1 is 1.41 bits per heavy atom. The van der Waals surface area contributed by atoms with Gasteiger partial charge >= 0.3 is 0 Å². The molecule has 0 aliphatic heterocycles. The van der Waals surface area contributed by atoms with Gasteiger partial charge in [-0.25, -0.2) is 13.4 Å². The molecule has 0 aromatic carbocycles. The summed E-state index contributed by atoms with van der Waals surface area (Å²) in [6.45, 7) is 0. The van der Waals surface area contributed by atoms with Gasteiger partial charge in [0.05, 0.1) is 5.69 Å². The molecule has 1 N–H and O–H groups in total. The zero-order valence-electron chi connectivity index (χ0n) is 8.22. The number of hydrogen-bond acceptors (Lipinski definition) is 4. The van der Waals surface area contributed by atoms with E-state index in [0.717, 1.165) is 11.3 Å².